The number of likely N-dealkylation sites (N-methyl/N-ethyl adjacent to an activating group) is 1. The first kappa shape index (κ1) is 30.3. The highest BCUT2D eigenvalue weighted by Gasteiger charge is 2.22. The number of ether oxygens (including phenoxy) is 2. The number of nitrogens with zero attached hydrogens (tertiary/aromatic N) is 5. The van der Waals surface area contributed by atoms with Gasteiger partial charge >= 0.3 is 17.7 Å². The third-order valence-electron chi connectivity index (χ3n) is 7.52. The average Bonchev–Trinajstić information content (AvgIpc) is 3.25. The van der Waals surface area contributed by atoms with Gasteiger partial charge in [0.05, 0.1) is 13.0 Å². The van der Waals surface area contributed by atoms with Crippen molar-refractivity contribution in [3.63, 3.8) is 0 Å². The van der Waals surface area contributed by atoms with Crippen LogP contribution in [0.25, 0.3) is 11.2 Å². The zero-order chi connectivity index (χ0) is 29.2. The van der Waals surface area contributed by atoms with Crippen molar-refractivity contribution in [3.05, 3.63) is 40.3 Å². The minimum atomic E-state index is -0.848. The minimum absolute atomic E-state index is 0.00456. The lowest BCUT2D eigenvalue weighted by atomic mass is 9.96. The molecule has 0 spiro atoms. The first-order valence-electron chi connectivity index (χ1n) is 14.6. The van der Waals surface area contributed by atoms with Crippen LogP contribution in [-0.4, -0.2) is 93.4 Å². The monoisotopic (exact) mass is 569 g/mol. The SMILES string of the molecule is CCCCOc1nc(N)c2[nH]c(=O)n(CC3CCN(CCCN(C)CCOc4cccc(CC(=O)O)c4)CC3)c2n1. The molecule has 4 N–H and O–H groups in total. The molecule has 0 atom stereocenters. The largest absolute Gasteiger partial charge is 0.492 e. The van der Waals surface area contributed by atoms with Crippen molar-refractivity contribution in [2.24, 2.45) is 5.92 Å². The number of piperidine rings is 1. The van der Waals surface area contributed by atoms with E-state index in [9.17, 15) is 9.59 Å². The minimum Gasteiger partial charge on any atom is -0.492 e. The predicted molar refractivity (Wildman–Crippen MR) is 158 cm³/mol. The quantitative estimate of drug-likeness (QED) is 0.220. The van der Waals surface area contributed by atoms with Crippen LogP contribution in [0.4, 0.5) is 5.82 Å². The van der Waals surface area contributed by atoms with E-state index in [1.165, 1.54) is 0 Å². The number of aliphatic carboxylic acids is 1. The van der Waals surface area contributed by atoms with Crippen LogP contribution < -0.4 is 20.9 Å². The Kier molecular flexibility index (Phi) is 11.0. The normalized spacial score (nSPS) is 14.6. The van der Waals surface area contributed by atoms with Crippen molar-refractivity contribution in [2.75, 3.05) is 58.7 Å². The van der Waals surface area contributed by atoms with Gasteiger partial charge in [0.15, 0.2) is 11.5 Å². The number of nitrogen functional groups attached to an aromatic ring is 1. The second-order valence-corrected chi connectivity index (χ2v) is 10.8. The van der Waals surface area contributed by atoms with Crippen molar-refractivity contribution < 1.29 is 19.4 Å². The molecule has 0 amide bonds. The van der Waals surface area contributed by atoms with Gasteiger partial charge in [-0.3, -0.25) is 9.36 Å². The summed E-state index contributed by atoms with van der Waals surface area (Å²) in [6.07, 6.45) is 5.00. The van der Waals surface area contributed by atoms with E-state index in [1.54, 1.807) is 16.7 Å². The number of hydrogen-bond donors (Lipinski definition) is 3. The number of fused-ring (bicyclic) bond motifs is 1. The second-order valence-electron chi connectivity index (χ2n) is 10.8. The van der Waals surface area contributed by atoms with Crippen molar-refractivity contribution in [2.45, 2.75) is 52.0 Å². The average molecular weight is 570 g/mol. The van der Waals surface area contributed by atoms with Crippen molar-refractivity contribution >= 4 is 23.0 Å². The van der Waals surface area contributed by atoms with E-state index in [-0.39, 0.29) is 23.9 Å². The number of rotatable bonds is 16. The molecule has 0 bridgehead atoms. The van der Waals surface area contributed by atoms with E-state index in [0.29, 0.717) is 42.6 Å². The number of nitrogens with one attached hydrogen (secondary N) is 1. The molecule has 1 aromatic carbocycles. The smallest absolute Gasteiger partial charge is 0.327 e. The Labute approximate surface area is 240 Å². The first-order chi connectivity index (χ1) is 19.8. The van der Waals surface area contributed by atoms with Gasteiger partial charge < -0.3 is 35.1 Å². The number of aromatic nitrogens is 4. The molecule has 41 heavy (non-hydrogen) atoms. The molecule has 1 saturated heterocycles. The number of carboxylic acids is 1. The van der Waals surface area contributed by atoms with Crippen molar-refractivity contribution in [3.8, 4) is 11.8 Å². The molecule has 0 unspecified atom stereocenters. The molecular formula is C29H43N7O5. The predicted octanol–water partition coefficient (Wildman–Crippen LogP) is 2.62. The highest BCUT2D eigenvalue weighted by molar-refractivity contribution is 5.81. The number of unbranched alkanes of at least 4 members (excludes halogenated alkanes) is 1. The molecule has 1 aliphatic rings. The van der Waals surface area contributed by atoms with Crippen LogP contribution in [0.2, 0.25) is 0 Å². The number of imidazole rings is 1. The van der Waals surface area contributed by atoms with Crippen LogP contribution in [0, 0.1) is 5.92 Å². The lowest BCUT2D eigenvalue weighted by Gasteiger charge is -2.32. The summed E-state index contributed by atoms with van der Waals surface area (Å²) in [5.74, 6) is 0.469. The van der Waals surface area contributed by atoms with Gasteiger partial charge in [-0.05, 0) is 82.5 Å². The van der Waals surface area contributed by atoms with Crippen molar-refractivity contribution in [1.82, 2.24) is 29.3 Å². The molecule has 0 aliphatic carbocycles. The topological polar surface area (TPSA) is 152 Å². The number of benzene rings is 1. The van der Waals surface area contributed by atoms with Gasteiger partial charge in [-0.1, -0.05) is 25.5 Å². The maximum atomic E-state index is 12.7. The van der Waals surface area contributed by atoms with Crippen LogP contribution in [0.1, 0.15) is 44.6 Å². The van der Waals surface area contributed by atoms with Gasteiger partial charge in [0.1, 0.15) is 17.9 Å². The van der Waals surface area contributed by atoms with E-state index < -0.39 is 5.97 Å². The van der Waals surface area contributed by atoms with Gasteiger partial charge in [-0.25, -0.2) is 4.79 Å². The first-order valence-corrected chi connectivity index (χ1v) is 14.6. The van der Waals surface area contributed by atoms with E-state index in [4.69, 9.17) is 20.3 Å². The third-order valence-corrected chi connectivity index (χ3v) is 7.52. The Hall–Kier alpha value is -3.64. The number of hydrogen-bond acceptors (Lipinski definition) is 9. The highest BCUT2D eigenvalue weighted by atomic mass is 16.5. The summed E-state index contributed by atoms with van der Waals surface area (Å²) in [6.45, 7) is 8.55. The maximum absolute atomic E-state index is 12.7. The Morgan fingerprint density at radius 3 is 2.73 bits per heavy atom. The summed E-state index contributed by atoms with van der Waals surface area (Å²) < 4.78 is 13.2. The Morgan fingerprint density at radius 1 is 1.17 bits per heavy atom. The number of carboxylic acid groups (broad SMARTS) is 1. The summed E-state index contributed by atoms with van der Waals surface area (Å²) >= 11 is 0. The molecule has 4 rings (SSSR count). The molecule has 0 saturated carbocycles. The lowest BCUT2D eigenvalue weighted by Crippen LogP contribution is -2.37. The summed E-state index contributed by atoms with van der Waals surface area (Å²) in [5, 5.41) is 8.96. The third kappa shape index (κ3) is 8.92. The van der Waals surface area contributed by atoms with Gasteiger partial charge in [0.2, 0.25) is 0 Å². The van der Waals surface area contributed by atoms with E-state index in [1.807, 2.05) is 12.1 Å². The molecule has 12 nitrogen and oxygen atoms in total. The number of nitrogens with two attached hydrogens (primary N) is 1. The van der Waals surface area contributed by atoms with E-state index in [2.05, 4.69) is 38.7 Å². The number of aromatic amines is 1. The molecular weight excluding hydrogens is 526 g/mol. The summed E-state index contributed by atoms with van der Waals surface area (Å²) in [4.78, 5) is 39.9. The van der Waals surface area contributed by atoms with Gasteiger partial charge in [0.25, 0.3) is 0 Å². The second kappa shape index (κ2) is 14.8. The van der Waals surface area contributed by atoms with Gasteiger partial charge in [-0.2, -0.15) is 9.97 Å². The molecule has 0 radical (unpaired) electrons. The molecule has 3 heterocycles. The Morgan fingerprint density at radius 2 is 1.98 bits per heavy atom. The highest BCUT2D eigenvalue weighted by Crippen LogP contribution is 2.23. The fourth-order valence-electron chi connectivity index (χ4n) is 5.14. The zero-order valence-electron chi connectivity index (χ0n) is 24.2. The molecule has 224 valence electrons. The maximum Gasteiger partial charge on any atom is 0.327 e. The van der Waals surface area contributed by atoms with Crippen LogP contribution >= 0.6 is 0 Å². The molecule has 12 heteroatoms. The standard InChI is InChI=1S/C29H43N7O5/c1-3-4-16-41-28-32-26(30)25-27(33-28)36(29(39)31-25)20-21-9-13-35(14-10-21)12-6-11-34(2)15-17-40-23-8-5-7-22(18-23)19-24(37)38/h5,7-8,18,21H,3-4,6,9-17,19-20H2,1-2H3,(H,31,39)(H,37,38)(H2,30,32,33). The Balaban J connectivity index is 1.17. The number of likely N-dealkylation sites (tertiary alicyclic amines) is 1. The number of carbonyl (C=O) groups is 1. The zero-order valence-corrected chi connectivity index (χ0v) is 24.2. The number of H-pyrrole nitrogens is 1. The molecule has 3 aromatic rings. The molecule has 1 aliphatic heterocycles. The fraction of sp³-hybridized carbons (Fsp3) is 0.586. The van der Waals surface area contributed by atoms with Gasteiger partial charge in [-0.15, -0.1) is 0 Å². The van der Waals surface area contributed by atoms with E-state index >= 15 is 0 Å². The van der Waals surface area contributed by atoms with Crippen molar-refractivity contribution in [1.29, 1.82) is 0 Å². The van der Waals surface area contributed by atoms with Crippen LogP contribution in [0.3, 0.4) is 0 Å². The van der Waals surface area contributed by atoms with E-state index in [0.717, 1.165) is 70.4 Å². The van der Waals surface area contributed by atoms with Crippen LogP contribution in [0.15, 0.2) is 29.1 Å². The summed E-state index contributed by atoms with van der Waals surface area (Å²) in [6, 6.07) is 7.48. The molecule has 1 fully saturated rings. The van der Waals surface area contributed by atoms with Crippen LogP contribution in [0.5, 0.6) is 11.8 Å². The fourth-order valence-corrected chi connectivity index (χ4v) is 5.14. The summed E-state index contributed by atoms with van der Waals surface area (Å²) in [5.41, 5.74) is 7.59. The Bertz CT molecular complexity index is 1330. The molecule has 2 aromatic heterocycles. The lowest BCUT2D eigenvalue weighted by molar-refractivity contribution is -0.136. The summed E-state index contributed by atoms with van der Waals surface area (Å²) in [7, 11) is 2.09. The van der Waals surface area contributed by atoms with Gasteiger partial charge in [0, 0.05) is 13.1 Å². The van der Waals surface area contributed by atoms with Crippen LogP contribution in [-0.2, 0) is 17.8 Å². The number of anilines is 1.